The maximum absolute atomic E-state index is 12.9. The van der Waals surface area contributed by atoms with E-state index in [9.17, 15) is 9.18 Å². The van der Waals surface area contributed by atoms with Crippen molar-refractivity contribution in [3.05, 3.63) is 26.6 Å². The normalized spacial score (nSPS) is 19.3. The van der Waals surface area contributed by atoms with Gasteiger partial charge < -0.3 is 10.1 Å². The Morgan fingerprint density at radius 1 is 1.67 bits per heavy atom. The van der Waals surface area contributed by atoms with Gasteiger partial charge in [-0.25, -0.2) is 9.18 Å². The minimum atomic E-state index is -0.356. The Morgan fingerprint density at radius 2 is 2.44 bits per heavy atom. The van der Waals surface area contributed by atoms with E-state index in [4.69, 9.17) is 4.74 Å². The molecule has 0 fully saturated rings. The standard InChI is InChI=1S/C12H13BrFNO2S/c1-17-12(16)11-9(6-10(13)18-11)15-8-4-2-7(14)3-5-8/h2,6,8,15H,3-5H2,1H3. The van der Waals surface area contributed by atoms with Crippen molar-refractivity contribution in [2.75, 3.05) is 12.4 Å². The van der Waals surface area contributed by atoms with Gasteiger partial charge in [0.2, 0.25) is 0 Å². The summed E-state index contributed by atoms with van der Waals surface area (Å²) in [6.07, 6.45) is 3.42. The third-order valence-electron chi connectivity index (χ3n) is 2.79. The van der Waals surface area contributed by atoms with E-state index in [-0.39, 0.29) is 17.8 Å². The van der Waals surface area contributed by atoms with Gasteiger partial charge in [-0.1, -0.05) is 6.08 Å². The van der Waals surface area contributed by atoms with Gasteiger partial charge in [-0.3, -0.25) is 0 Å². The van der Waals surface area contributed by atoms with Gasteiger partial charge in [-0.05, 0) is 34.8 Å². The molecule has 1 atom stereocenters. The molecule has 0 saturated heterocycles. The zero-order valence-corrected chi connectivity index (χ0v) is 12.2. The van der Waals surface area contributed by atoms with Gasteiger partial charge in [0, 0.05) is 12.5 Å². The number of allylic oxidation sites excluding steroid dienone is 1. The third-order valence-corrected chi connectivity index (χ3v) is 4.41. The molecule has 1 heterocycles. The topological polar surface area (TPSA) is 38.3 Å². The molecule has 1 aliphatic carbocycles. The molecule has 98 valence electrons. The molecule has 1 aromatic rings. The van der Waals surface area contributed by atoms with Crippen molar-refractivity contribution in [1.29, 1.82) is 0 Å². The smallest absolute Gasteiger partial charge is 0.350 e. The Kier molecular flexibility index (Phi) is 4.40. The third kappa shape index (κ3) is 3.11. The van der Waals surface area contributed by atoms with Crippen LogP contribution in [0.1, 0.15) is 28.9 Å². The van der Waals surface area contributed by atoms with Crippen molar-refractivity contribution in [3.63, 3.8) is 0 Å². The molecule has 18 heavy (non-hydrogen) atoms. The summed E-state index contributed by atoms with van der Waals surface area (Å²) in [5.74, 6) is -0.404. The van der Waals surface area contributed by atoms with Crippen LogP contribution in [0.15, 0.2) is 21.8 Å². The van der Waals surface area contributed by atoms with Gasteiger partial charge in [0.05, 0.1) is 22.4 Å². The van der Waals surface area contributed by atoms with Gasteiger partial charge in [0.1, 0.15) is 4.88 Å². The fourth-order valence-corrected chi connectivity index (χ4v) is 3.35. The minimum Gasteiger partial charge on any atom is -0.465 e. The zero-order valence-electron chi connectivity index (χ0n) is 9.83. The molecule has 0 radical (unpaired) electrons. The fourth-order valence-electron chi connectivity index (χ4n) is 1.87. The molecule has 1 aliphatic rings. The van der Waals surface area contributed by atoms with Crippen LogP contribution in [0.25, 0.3) is 0 Å². The Morgan fingerprint density at radius 3 is 3.06 bits per heavy atom. The Bertz CT molecular complexity index is 486. The number of anilines is 1. The maximum Gasteiger partial charge on any atom is 0.350 e. The number of carbonyl (C=O) groups is 1. The van der Waals surface area contributed by atoms with Crippen molar-refractivity contribution < 1.29 is 13.9 Å². The highest BCUT2D eigenvalue weighted by Gasteiger charge is 2.20. The first kappa shape index (κ1) is 13.5. The first-order chi connectivity index (χ1) is 8.60. The molecule has 6 heteroatoms. The second kappa shape index (κ2) is 5.84. The second-order valence-corrected chi connectivity index (χ2v) is 6.48. The number of halogens is 2. The summed E-state index contributed by atoms with van der Waals surface area (Å²) in [6.45, 7) is 0. The highest BCUT2D eigenvalue weighted by molar-refractivity contribution is 9.11. The largest absolute Gasteiger partial charge is 0.465 e. The summed E-state index contributed by atoms with van der Waals surface area (Å²) in [5.41, 5.74) is 0.749. The zero-order chi connectivity index (χ0) is 13.1. The van der Waals surface area contributed by atoms with E-state index in [0.29, 0.717) is 17.7 Å². The molecule has 0 amide bonds. The highest BCUT2D eigenvalue weighted by atomic mass is 79.9. The Balaban J connectivity index is 2.11. The van der Waals surface area contributed by atoms with Crippen LogP contribution >= 0.6 is 27.3 Å². The lowest BCUT2D eigenvalue weighted by atomic mass is 10.0. The van der Waals surface area contributed by atoms with Crippen molar-refractivity contribution in [3.8, 4) is 0 Å². The van der Waals surface area contributed by atoms with Gasteiger partial charge in [-0.15, -0.1) is 11.3 Å². The molecule has 3 nitrogen and oxygen atoms in total. The lowest BCUT2D eigenvalue weighted by Gasteiger charge is -2.21. The molecule has 1 unspecified atom stereocenters. The van der Waals surface area contributed by atoms with Crippen LogP contribution < -0.4 is 5.32 Å². The van der Waals surface area contributed by atoms with E-state index in [1.807, 2.05) is 6.07 Å². The predicted octanol–water partition coefficient (Wildman–Crippen LogP) is 4.12. The van der Waals surface area contributed by atoms with Crippen molar-refractivity contribution >= 4 is 38.9 Å². The first-order valence-electron chi connectivity index (χ1n) is 5.59. The van der Waals surface area contributed by atoms with Crippen LogP contribution in [-0.4, -0.2) is 19.1 Å². The van der Waals surface area contributed by atoms with Crippen LogP contribution in [-0.2, 0) is 4.74 Å². The number of nitrogens with one attached hydrogen (secondary N) is 1. The van der Waals surface area contributed by atoms with Gasteiger partial charge in [0.15, 0.2) is 0 Å². The first-order valence-corrected chi connectivity index (χ1v) is 7.20. The molecular weight excluding hydrogens is 321 g/mol. The molecular formula is C12H13BrFNO2S. The van der Waals surface area contributed by atoms with E-state index >= 15 is 0 Å². The average molecular weight is 334 g/mol. The number of carbonyl (C=O) groups excluding carboxylic acids is 1. The van der Waals surface area contributed by atoms with E-state index in [0.717, 1.165) is 15.9 Å². The number of thiophene rings is 1. The summed E-state index contributed by atoms with van der Waals surface area (Å²) in [7, 11) is 1.36. The number of methoxy groups -OCH3 is 1. The second-order valence-electron chi connectivity index (χ2n) is 4.05. The number of rotatable bonds is 3. The predicted molar refractivity (Wildman–Crippen MR) is 73.8 cm³/mol. The van der Waals surface area contributed by atoms with E-state index in [2.05, 4.69) is 21.2 Å². The van der Waals surface area contributed by atoms with Crippen molar-refractivity contribution in [2.45, 2.75) is 25.3 Å². The highest BCUT2D eigenvalue weighted by Crippen LogP contribution is 2.33. The van der Waals surface area contributed by atoms with Crippen LogP contribution in [0.4, 0.5) is 10.1 Å². The molecule has 0 aliphatic heterocycles. The Labute approximate surface area is 117 Å². The summed E-state index contributed by atoms with van der Waals surface area (Å²) in [5, 5.41) is 3.27. The SMILES string of the molecule is COC(=O)c1sc(Br)cc1NC1CC=C(F)CC1. The molecule has 1 N–H and O–H groups in total. The van der Waals surface area contributed by atoms with E-state index in [1.54, 1.807) is 6.08 Å². The van der Waals surface area contributed by atoms with Gasteiger partial charge >= 0.3 is 5.97 Å². The molecule has 1 aromatic heterocycles. The van der Waals surface area contributed by atoms with Crippen LogP contribution in [0.2, 0.25) is 0 Å². The van der Waals surface area contributed by atoms with Gasteiger partial charge in [0.25, 0.3) is 0 Å². The number of hydrogen-bond acceptors (Lipinski definition) is 4. The molecule has 0 aromatic carbocycles. The Hall–Kier alpha value is -0.880. The number of hydrogen-bond donors (Lipinski definition) is 1. The number of ether oxygens (including phenoxy) is 1. The van der Waals surface area contributed by atoms with E-state index in [1.165, 1.54) is 18.4 Å². The summed E-state index contributed by atoms with van der Waals surface area (Å²) in [6, 6.07) is 2.01. The van der Waals surface area contributed by atoms with Crippen LogP contribution in [0.5, 0.6) is 0 Å². The lowest BCUT2D eigenvalue weighted by Crippen LogP contribution is -2.22. The molecule has 0 spiro atoms. The summed E-state index contributed by atoms with van der Waals surface area (Å²) >= 11 is 4.68. The van der Waals surface area contributed by atoms with Crippen molar-refractivity contribution in [1.82, 2.24) is 0 Å². The lowest BCUT2D eigenvalue weighted by molar-refractivity contribution is 0.0607. The monoisotopic (exact) mass is 333 g/mol. The van der Waals surface area contributed by atoms with E-state index < -0.39 is 0 Å². The average Bonchev–Trinajstić information content (AvgIpc) is 2.72. The van der Waals surface area contributed by atoms with Crippen molar-refractivity contribution in [2.24, 2.45) is 0 Å². The number of esters is 1. The fraction of sp³-hybridized carbons (Fsp3) is 0.417. The maximum atomic E-state index is 12.9. The van der Waals surface area contributed by atoms with Crippen LogP contribution in [0, 0.1) is 0 Å². The van der Waals surface area contributed by atoms with Gasteiger partial charge in [-0.2, -0.15) is 0 Å². The summed E-state index contributed by atoms with van der Waals surface area (Å²) < 4.78 is 18.5. The minimum absolute atomic E-state index is 0.0484. The molecule has 0 bridgehead atoms. The summed E-state index contributed by atoms with van der Waals surface area (Å²) in [4.78, 5) is 12.1. The quantitative estimate of drug-likeness (QED) is 0.845. The van der Waals surface area contributed by atoms with Crippen LogP contribution in [0.3, 0.4) is 0 Å². The molecule has 2 rings (SSSR count). The molecule has 0 saturated carbocycles.